The molecule has 1 aliphatic rings. The quantitative estimate of drug-likeness (QED) is 0.543. The van der Waals surface area contributed by atoms with Crippen molar-refractivity contribution in [2.24, 2.45) is 0 Å². The van der Waals surface area contributed by atoms with Crippen LogP contribution in [0, 0.1) is 0 Å². The fraction of sp³-hybridized carbons (Fsp3) is 0.500. The molecule has 6 heteroatoms. The van der Waals surface area contributed by atoms with Crippen LogP contribution < -0.4 is 0 Å². The topological polar surface area (TPSA) is 51.0 Å². The van der Waals surface area contributed by atoms with Crippen molar-refractivity contribution in [3.8, 4) is 5.69 Å². The molecule has 0 N–H and O–H groups in total. The second-order valence-electron chi connectivity index (χ2n) is 6.37. The minimum absolute atomic E-state index is 0.197. The number of rotatable bonds is 8. The Hall–Kier alpha value is -1.82. The second kappa shape index (κ2) is 7.83. The number of hydrogen-bond acceptors (Lipinski definition) is 4. The minimum Gasteiger partial charge on any atom is -0.349 e. The zero-order chi connectivity index (χ0) is 16.9. The molecule has 0 radical (unpaired) electrons. The van der Waals surface area contributed by atoms with E-state index in [4.69, 9.17) is 10.1 Å². The van der Waals surface area contributed by atoms with Crippen LogP contribution in [0.2, 0.25) is 0 Å². The summed E-state index contributed by atoms with van der Waals surface area (Å²) >= 11 is 1.69. The van der Waals surface area contributed by atoms with Crippen molar-refractivity contribution in [1.82, 2.24) is 19.7 Å². The van der Waals surface area contributed by atoms with E-state index >= 15 is 0 Å². The van der Waals surface area contributed by atoms with E-state index in [0.29, 0.717) is 12.3 Å². The Kier molecular flexibility index (Phi) is 5.56. The third kappa shape index (κ3) is 4.38. The van der Waals surface area contributed by atoms with Crippen molar-refractivity contribution in [2.45, 2.75) is 43.2 Å². The number of amides is 1. The highest BCUT2D eigenvalue weighted by Gasteiger charge is 2.30. The van der Waals surface area contributed by atoms with Crippen LogP contribution in [0.4, 0.5) is 0 Å². The van der Waals surface area contributed by atoms with Gasteiger partial charge in [-0.15, -0.1) is 5.10 Å². The third-order valence-electron chi connectivity index (χ3n) is 4.07. The number of thioether (sulfide) groups is 1. The van der Waals surface area contributed by atoms with Crippen LogP contribution in [-0.2, 0) is 4.79 Å². The van der Waals surface area contributed by atoms with Gasteiger partial charge in [0.15, 0.2) is 0 Å². The molecule has 0 aliphatic heterocycles. The molecule has 128 valence electrons. The van der Waals surface area contributed by atoms with E-state index in [2.05, 4.69) is 12.1 Å². The summed E-state index contributed by atoms with van der Waals surface area (Å²) in [5.41, 5.74) is 1.08. The lowest BCUT2D eigenvalue weighted by atomic mass is 10.2. The van der Waals surface area contributed by atoms with Gasteiger partial charge in [0.05, 0.1) is 5.69 Å². The van der Waals surface area contributed by atoms with Crippen molar-refractivity contribution in [3.05, 3.63) is 36.2 Å². The van der Waals surface area contributed by atoms with E-state index < -0.39 is 0 Å². The summed E-state index contributed by atoms with van der Waals surface area (Å²) < 4.78 is 2.00. The van der Waals surface area contributed by atoms with Crippen LogP contribution in [0.5, 0.6) is 0 Å². The van der Waals surface area contributed by atoms with Crippen molar-refractivity contribution in [3.63, 3.8) is 0 Å². The molecule has 1 saturated carbocycles. The summed E-state index contributed by atoms with van der Waals surface area (Å²) in [6.07, 6.45) is 4.96. The first-order chi connectivity index (χ1) is 11.6. The van der Waals surface area contributed by atoms with Crippen LogP contribution in [0.25, 0.3) is 5.69 Å². The Labute approximate surface area is 147 Å². The molecule has 1 heterocycles. The summed E-state index contributed by atoms with van der Waals surface area (Å²) in [5, 5.41) is 5.54. The van der Waals surface area contributed by atoms with Crippen LogP contribution >= 0.6 is 11.8 Å². The molecule has 0 spiro atoms. The van der Waals surface area contributed by atoms with Gasteiger partial charge in [0.2, 0.25) is 11.1 Å². The summed E-state index contributed by atoms with van der Waals surface area (Å²) in [4.78, 5) is 18.0. The normalized spacial score (nSPS) is 13.9. The summed E-state index contributed by atoms with van der Waals surface area (Å²) in [6, 6.07) is 10.2. The Morgan fingerprint density at radius 1 is 1.25 bits per heavy atom. The Balaban J connectivity index is 1.56. The number of hydrogen-bond donors (Lipinski definition) is 0. The number of unbranched alkanes of at least 4 members (excludes halogenated alkanes) is 1. The van der Waals surface area contributed by atoms with Gasteiger partial charge in [0.1, 0.15) is 5.82 Å². The SMILES string of the molecule is CN(C)C(=O)CCCCSc1nc(C2CC2)n(-c2ccccc2)n1. The van der Waals surface area contributed by atoms with Crippen molar-refractivity contribution >= 4 is 17.7 Å². The molecule has 0 atom stereocenters. The van der Waals surface area contributed by atoms with Gasteiger partial charge in [-0.05, 0) is 37.8 Å². The highest BCUT2D eigenvalue weighted by atomic mass is 32.2. The van der Waals surface area contributed by atoms with E-state index in [1.165, 1.54) is 12.8 Å². The lowest BCUT2D eigenvalue weighted by molar-refractivity contribution is -0.128. The molecule has 1 amide bonds. The Morgan fingerprint density at radius 3 is 2.67 bits per heavy atom. The highest BCUT2D eigenvalue weighted by Crippen LogP contribution is 2.40. The van der Waals surface area contributed by atoms with Gasteiger partial charge in [0, 0.05) is 32.2 Å². The van der Waals surface area contributed by atoms with Crippen LogP contribution in [-0.4, -0.2) is 45.4 Å². The molecule has 1 fully saturated rings. The minimum atomic E-state index is 0.197. The molecular weight excluding hydrogens is 320 g/mol. The van der Waals surface area contributed by atoms with E-state index in [1.807, 2.05) is 22.9 Å². The molecule has 5 nitrogen and oxygen atoms in total. The smallest absolute Gasteiger partial charge is 0.222 e. The van der Waals surface area contributed by atoms with Gasteiger partial charge in [0.25, 0.3) is 0 Å². The predicted octanol–water partition coefficient (Wildman–Crippen LogP) is 3.50. The molecule has 1 aromatic carbocycles. The van der Waals surface area contributed by atoms with Gasteiger partial charge >= 0.3 is 0 Å². The van der Waals surface area contributed by atoms with Gasteiger partial charge in [-0.1, -0.05) is 30.0 Å². The standard InChI is InChI=1S/C18H24N4OS/c1-21(2)16(23)10-6-7-13-24-18-19-17(14-11-12-14)22(20-18)15-8-4-3-5-9-15/h3-5,8-9,14H,6-7,10-13H2,1-2H3. The fourth-order valence-electron chi connectivity index (χ4n) is 2.50. The second-order valence-corrected chi connectivity index (χ2v) is 7.43. The number of nitrogens with zero attached hydrogens (tertiary/aromatic N) is 4. The summed E-state index contributed by atoms with van der Waals surface area (Å²) in [6.45, 7) is 0. The first-order valence-electron chi connectivity index (χ1n) is 8.50. The lowest BCUT2D eigenvalue weighted by Gasteiger charge is -2.09. The Morgan fingerprint density at radius 2 is 2.00 bits per heavy atom. The average Bonchev–Trinajstić information content (AvgIpc) is 3.35. The molecule has 0 bridgehead atoms. The fourth-order valence-corrected chi connectivity index (χ4v) is 3.32. The van der Waals surface area contributed by atoms with Crippen LogP contribution in [0.15, 0.2) is 35.5 Å². The van der Waals surface area contributed by atoms with E-state index in [-0.39, 0.29) is 5.91 Å². The summed E-state index contributed by atoms with van der Waals surface area (Å²) in [5.74, 6) is 2.79. The van der Waals surface area contributed by atoms with Gasteiger partial charge in [-0.25, -0.2) is 9.67 Å². The monoisotopic (exact) mass is 344 g/mol. The molecule has 0 saturated heterocycles. The first-order valence-corrected chi connectivity index (χ1v) is 9.49. The maximum atomic E-state index is 11.6. The average molecular weight is 344 g/mol. The van der Waals surface area contributed by atoms with E-state index in [1.54, 1.807) is 30.8 Å². The summed E-state index contributed by atoms with van der Waals surface area (Å²) in [7, 11) is 3.60. The molecule has 1 aromatic heterocycles. The highest BCUT2D eigenvalue weighted by molar-refractivity contribution is 7.99. The lowest BCUT2D eigenvalue weighted by Crippen LogP contribution is -2.21. The number of para-hydroxylation sites is 1. The largest absolute Gasteiger partial charge is 0.349 e. The van der Waals surface area contributed by atoms with E-state index in [0.717, 1.165) is 35.3 Å². The number of carbonyl (C=O) groups is 1. The van der Waals surface area contributed by atoms with Crippen molar-refractivity contribution < 1.29 is 4.79 Å². The Bertz CT molecular complexity index is 680. The van der Waals surface area contributed by atoms with E-state index in [9.17, 15) is 4.79 Å². The van der Waals surface area contributed by atoms with Gasteiger partial charge in [-0.2, -0.15) is 0 Å². The van der Waals surface area contributed by atoms with Crippen molar-refractivity contribution in [1.29, 1.82) is 0 Å². The first kappa shape index (κ1) is 17.0. The molecule has 24 heavy (non-hydrogen) atoms. The van der Waals surface area contributed by atoms with Crippen LogP contribution in [0.3, 0.4) is 0 Å². The molecule has 0 unspecified atom stereocenters. The van der Waals surface area contributed by atoms with Gasteiger partial charge < -0.3 is 4.90 Å². The maximum Gasteiger partial charge on any atom is 0.222 e. The molecule has 1 aliphatic carbocycles. The number of benzene rings is 1. The molecule has 3 rings (SSSR count). The maximum absolute atomic E-state index is 11.6. The van der Waals surface area contributed by atoms with Crippen molar-refractivity contribution in [2.75, 3.05) is 19.8 Å². The van der Waals surface area contributed by atoms with Gasteiger partial charge in [-0.3, -0.25) is 4.79 Å². The zero-order valence-electron chi connectivity index (χ0n) is 14.3. The molecule has 2 aromatic rings. The zero-order valence-corrected chi connectivity index (χ0v) is 15.1. The predicted molar refractivity (Wildman–Crippen MR) is 96.6 cm³/mol. The molecular formula is C18H24N4OS. The number of carbonyl (C=O) groups excluding carboxylic acids is 1. The van der Waals surface area contributed by atoms with Crippen LogP contribution in [0.1, 0.15) is 43.8 Å². The third-order valence-corrected chi connectivity index (χ3v) is 4.99. The number of aromatic nitrogens is 3.